The van der Waals surface area contributed by atoms with Gasteiger partial charge >= 0.3 is 0 Å². The zero-order valence-corrected chi connectivity index (χ0v) is 12.4. The van der Waals surface area contributed by atoms with Crippen molar-refractivity contribution in [1.29, 1.82) is 0 Å². The summed E-state index contributed by atoms with van der Waals surface area (Å²) in [6.45, 7) is 2.21. The SMILES string of the molecule is CNCCC1CCN(S(=O)(=O)c2cn(C)cn2)CC1. The summed E-state index contributed by atoms with van der Waals surface area (Å²) in [5.74, 6) is 0.627. The van der Waals surface area contributed by atoms with Gasteiger partial charge in [0.2, 0.25) is 0 Å². The van der Waals surface area contributed by atoms with Crippen molar-refractivity contribution >= 4 is 10.0 Å². The molecule has 0 atom stereocenters. The van der Waals surface area contributed by atoms with Gasteiger partial charge in [-0.3, -0.25) is 0 Å². The Hall–Kier alpha value is -0.920. The molecule has 7 heteroatoms. The van der Waals surface area contributed by atoms with Gasteiger partial charge in [0.1, 0.15) is 0 Å². The zero-order chi connectivity index (χ0) is 13.9. The van der Waals surface area contributed by atoms with Gasteiger partial charge in [-0.1, -0.05) is 0 Å². The highest BCUT2D eigenvalue weighted by atomic mass is 32.2. The molecule has 1 fully saturated rings. The number of hydrogen-bond donors (Lipinski definition) is 1. The van der Waals surface area contributed by atoms with E-state index >= 15 is 0 Å². The topological polar surface area (TPSA) is 67.2 Å². The van der Waals surface area contributed by atoms with E-state index in [0.29, 0.717) is 19.0 Å². The maximum atomic E-state index is 12.4. The first-order chi connectivity index (χ1) is 9.04. The minimum atomic E-state index is -3.40. The summed E-state index contributed by atoms with van der Waals surface area (Å²) in [6, 6.07) is 0. The molecule has 1 aromatic rings. The fourth-order valence-electron chi connectivity index (χ4n) is 2.44. The molecule has 0 spiro atoms. The average Bonchev–Trinajstić information content (AvgIpc) is 2.84. The van der Waals surface area contributed by atoms with Crippen LogP contribution in [0.15, 0.2) is 17.6 Å². The van der Waals surface area contributed by atoms with Crippen molar-refractivity contribution in [3.8, 4) is 0 Å². The molecule has 0 aliphatic carbocycles. The molecular formula is C12H22N4O2S. The molecule has 19 heavy (non-hydrogen) atoms. The lowest BCUT2D eigenvalue weighted by atomic mass is 9.95. The number of rotatable bonds is 5. The number of nitrogens with zero attached hydrogens (tertiary/aromatic N) is 3. The Morgan fingerprint density at radius 1 is 1.42 bits per heavy atom. The summed E-state index contributed by atoms with van der Waals surface area (Å²) in [5, 5.41) is 3.30. The summed E-state index contributed by atoms with van der Waals surface area (Å²) < 4.78 is 27.9. The van der Waals surface area contributed by atoms with Crippen LogP contribution in [-0.4, -0.2) is 49.0 Å². The third-order valence-corrected chi connectivity index (χ3v) is 5.45. The lowest BCUT2D eigenvalue weighted by Gasteiger charge is -2.30. The Labute approximate surface area is 114 Å². The van der Waals surface area contributed by atoms with Crippen molar-refractivity contribution in [3.63, 3.8) is 0 Å². The van der Waals surface area contributed by atoms with Crippen molar-refractivity contribution in [2.45, 2.75) is 24.3 Å². The Balaban J connectivity index is 1.97. The molecule has 0 radical (unpaired) electrons. The molecule has 0 amide bonds. The van der Waals surface area contributed by atoms with E-state index in [1.165, 1.54) is 6.33 Å². The van der Waals surface area contributed by atoms with Gasteiger partial charge < -0.3 is 9.88 Å². The van der Waals surface area contributed by atoms with E-state index in [-0.39, 0.29) is 5.03 Å². The summed E-state index contributed by atoms with van der Waals surface area (Å²) in [6.07, 6.45) is 6.07. The van der Waals surface area contributed by atoms with E-state index in [9.17, 15) is 8.42 Å². The molecule has 108 valence electrons. The molecule has 1 aliphatic heterocycles. The molecular weight excluding hydrogens is 264 g/mol. The van der Waals surface area contributed by atoms with E-state index in [2.05, 4.69) is 10.3 Å². The van der Waals surface area contributed by atoms with Crippen LogP contribution >= 0.6 is 0 Å². The van der Waals surface area contributed by atoms with Crippen LogP contribution < -0.4 is 5.32 Å². The second kappa shape index (κ2) is 6.02. The summed E-state index contributed by atoms with van der Waals surface area (Å²) >= 11 is 0. The van der Waals surface area contributed by atoms with Crippen LogP contribution in [0, 0.1) is 5.92 Å². The average molecular weight is 286 g/mol. The molecule has 2 rings (SSSR count). The molecule has 0 bridgehead atoms. The van der Waals surface area contributed by atoms with E-state index in [4.69, 9.17) is 0 Å². The lowest BCUT2D eigenvalue weighted by molar-refractivity contribution is 0.262. The van der Waals surface area contributed by atoms with Crippen LogP contribution in [-0.2, 0) is 17.1 Å². The molecule has 0 saturated carbocycles. The number of imidazole rings is 1. The van der Waals surface area contributed by atoms with Gasteiger partial charge in [-0.05, 0) is 38.8 Å². The van der Waals surface area contributed by atoms with Gasteiger partial charge in [0.25, 0.3) is 10.0 Å². The largest absolute Gasteiger partial charge is 0.339 e. The quantitative estimate of drug-likeness (QED) is 0.852. The number of sulfonamides is 1. The molecule has 1 N–H and O–H groups in total. The first kappa shape index (κ1) is 14.5. The Kier molecular flexibility index (Phi) is 4.59. The summed E-state index contributed by atoms with van der Waals surface area (Å²) in [5.41, 5.74) is 0. The van der Waals surface area contributed by atoms with Gasteiger partial charge in [-0.2, -0.15) is 4.31 Å². The van der Waals surface area contributed by atoms with Gasteiger partial charge in [0, 0.05) is 26.3 Å². The monoisotopic (exact) mass is 286 g/mol. The second-order valence-corrected chi connectivity index (χ2v) is 7.00. The van der Waals surface area contributed by atoms with E-state index in [1.54, 1.807) is 22.1 Å². The molecule has 1 aromatic heterocycles. The Bertz CT molecular complexity index is 504. The van der Waals surface area contributed by atoms with Crippen LogP contribution in [0.1, 0.15) is 19.3 Å². The van der Waals surface area contributed by atoms with E-state index in [0.717, 1.165) is 25.8 Å². The first-order valence-corrected chi connectivity index (χ1v) is 8.10. The molecule has 1 aliphatic rings. The Morgan fingerprint density at radius 3 is 2.63 bits per heavy atom. The van der Waals surface area contributed by atoms with Crippen LogP contribution in [0.4, 0.5) is 0 Å². The van der Waals surface area contributed by atoms with E-state index in [1.807, 2.05) is 7.05 Å². The molecule has 0 unspecified atom stereocenters. The molecule has 0 aromatic carbocycles. The van der Waals surface area contributed by atoms with Gasteiger partial charge in [0.15, 0.2) is 5.03 Å². The van der Waals surface area contributed by atoms with Crippen molar-refractivity contribution in [2.75, 3.05) is 26.7 Å². The van der Waals surface area contributed by atoms with Crippen molar-refractivity contribution in [1.82, 2.24) is 19.2 Å². The van der Waals surface area contributed by atoms with Gasteiger partial charge in [-0.25, -0.2) is 13.4 Å². The highest BCUT2D eigenvalue weighted by Gasteiger charge is 2.30. The number of hydrogen-bond acceptors (Lipinski definition) is 4. The van der Waals surface area contributed by atoms with Crippen LogP contribution in [0.25, 0.3) is 0 Å². The minimum Gasteiger partial charge on any atom is -0.339 e. The van der Waals surface area contributed by atoms with Crippen LogP contribution in [0.5, 0.6) is 0 Å². The van der Waals surface area contributed by atoms with Crippen molar-refractivity contribution in [3.05, 3.63) is 12.5 Å². The molecule has 2 heterocycles. The third-order valence-electron chi connectivity index (χ3n) is 3.66. The highest BCUT2D eigenvalue weighted by Crippen LogP contribution is 2.24. The standard InChI is InChI=1S/C12H22N4O2S/c1-13-6-3-11-4-7-16(8-5-11)19(17,18)12-9-15(2)10-14-12/h9-11,13H,3-8H2,1-2H3. The fraction of sp³-hybridized carbons (Fsp3) is 0.750. The predicted molar refractivity (Wildman–Crippen MR) is 73.2 cm³/mol. The normalized spacial score (nSPS) is 18.8. The Morgan fingerprint density at radius 2 is 2.11 bits per heavy atom. The number of nitrogens with one attached hydrogen (secondary N) is 1. The van der Waals surface area contributed by atoms with Gasteiger partial charge in [0.05, 0.1) is 6.33 Å². The second-order valence-electron chi connectivity index (χ2n) is 5.12. The van der Waals surface area contributed by atoms with Crippen molar-refractivity contribution < 1.29 is 8.42 Å². The number of aryl methyl sites for hydroxylation is 1. The van der Waals surface area contributed by atoms with E-state index < -0.39 is 10.0 Å². The summed E-state index contributed by atoms with van der Waals surface area (Å²) in [4.78, 5) is 3.95. The minimum absolute atomic E-state index is 0.156. The molecule has 1 saturated heterocycles. The molecule has 6 nitrogen and oxygen atoms in total. The summed E-state index contributed by atoms with van der Waals surface area (Å²) in [7, 11) is 0.320. The van der Waals surface area contributed by atoms with Crippen molar-refractivity contribution in [2.24, 2.45) is 13.0 Å². The number of piperidine rings is 1. The maximum Gasteiger partial charge on any atom is 0.262 e. The predicted octanol–water partition coefficient (Wildman–Crippen LogP) is 0.430. The zero-order valence-electron chi connectivity index (χ0n) is 11.5. The first-order valence-electron chi connectivity index (χ1n) is 6.66. The highest BCUT2D eigenvalue weighted by molar-refractivity contribution is 7.89. The lowest BCUT2D eigenvalue weighted by Crippen LogP contribution is -2.39. The van der Waals surface area contributed by atoms with Gasteiger partial charge in [-0.15, -0.1) is 0 Å². The third kappa shape index (κ3) is 3.34. The number of aromatic nitrogens is 2. The van der Waals surface area contributed by atoms with Crippen LogP contribution in [0.2, 0.25) is 0 Å². The smallest absolute Gasteiger partial charge is 0.262 e. The fourth-order valence-corrected chi connectivity index (χ4v) is 3.88. The maximum absolute atomic E-state index is 12.4. The van der Waals surface area contributed by atoms with Crippen LogP contribution in [0.3, 0.4) is 0 Å².